The fourth-order valence-corrected chi connectivity index (χ4v) is 3.77. The number of hydrogen-bond donors (Lipinski definition) is 1. The maximum atomic E-state index is 12.5. The molecule has 0 saturated heterocycles. The molecule has 0 aliphatic heterocycles. The Bertz CT molecular complexity index is 611. The van der Waals surface area contributed by atoms with Gasteiger partial charge >= 0.3 is 0 Å². The summed E-state index contributed by atoms with van der Waals surface area (Å²) < 4.78 is 33.2. The van der Waals surface area contributed by atoms with Crippen molar-refractivity contribution in [3.63, 3.8) is 0 Å². The van der Waals surface area contributed by atoms with Gasteiger partial charge in [0.15, 0.2) is 0 Å². The van der Waals surface area contributed by atoms with Crippen LogP contribution in [0.2, 0.25) is 0 Å². The van der Waals surface area contributed by atoms with E-state index in [0.717, 1.165) is 24.0 Å². The van der Waals surface area contributed by atoms with Gasteiger partial charge < -0.3 is 4.74 Å². The molecule has 0 aromatic heterocycles. The molecule has 0 radical (unpaired) electrons. The van der Waals surface area contributed by atoms with Crippen molar-refractivity contribution >= 4 is 10.0 Å². The Balaban J connectivity index is 2.60. The van der Waals surface area contributed by atoms with Gasteiger partial charge in [0.25, 0.3) is 0 Å². The summed E-state index contributed by atoms with van der Waals surface area (Å²) in [4.78, 5) is 0.247. The summed E-state index contributed by atoms with van der Waals surface area (Å²) in [6.07, 6.45) is 1.83. The zero-order valence-corrected chi connectivity index (χ0v) is 13.6. The highest BCUT2D eigenvalue weighted by molar-refractivity contribution is 7.89. The molecule has 112 valence electrons. The van der Waals surface area contributed by atoms with Crippen LogP contribution in [-0.4, -0.2) is 21.6 Å². The second-order valence-electron chi connectivity index (χ2n) is 6.49. The first-order valence-electron chi connectivity index (χ1n) is 6.86. The van der Waals surface area contributed by atoms with E-state index in [1.807, 2.05) is 13.0 Å². The summed E-state index contributed by atoms with van der Waals surface area (Å²) in [5.74, 6) is 0.455. The number of sulfonamides is 1. The van der Waals surface area contributed by atoms with E-state index in [9.17, 15) is 8.42 Å². The fourth-order valence-electron chi connectivity index (χ4n) is 2.19. The third kappa shape index (κ3) is 3.15. The molecule has 0 atom stereocenters. The Hall–Kier alpha value is -1.07. The fraction of sp³-hybridized carbons (Fsp3) is 0.600. The Morgan fingerprint density at radius 2 is 1.85 bits per heavy atom. The van der Waals surface area contributed by atoms with Crippen molar-refractivity contribution in [2.45, 2.75) is 56.9 Å². The quantitative estimate of drug-likeness (QED) is 0.929. The van der Waals surface area contributed by atoms with Gasteiger partial charge in [-0.25, -0.2) is 13.1 Å². The molecule has 0 bridgehead atoms. The molecule has 1 aromatic carbocycles. The third-order valence-corrected chi connectivity index (χ3v) is 4.93. The maximum absolute atomic E-state index is 12.5. The summed E-state index contributed by atoms with van der Waals surface area (Å²) in [5, 5.41) is 0. The second kappa shape index (κ2) is 5.04. The maximum Gasteiger partial charge on any atom is 0.244 e. The molecular formula is C15H23NO3S. The number of nitrogens with one attached hydrogen (secondary N) is 1. The smallest absolute Gasteiger partial charge is 0.244 e. The van der Waals surface area contributed by atoms with Crippen LogP contribution in [-0.2, 0) is 15.4 Å². The molecule has 5 heteroatoms. The lowest BCUT2D eigenvalue weighted by atomic mass is 9.85. The Morgan fingerprint density at radius 3 is 2.30 bits per heavy atom. The highest BCUT2D eigenvalue weighted by Crippen LogP contribution is 2.37. The minimum absolute atomic E-state index is 0.0864. The number of hydrogen-bond acceptors (Lipinski definition) is 3. The van der Waals surface area contributed by atoms with Crippen molar-refractivity contribution < 1.29 is 13.2 Å². The summed E-state index contributed by atoms with van der Waals surface area (Å²) in [6.45, 7) is 8.06. The summed E-state index contributed by atoms with van der Waals surface area (Å²) in [7, 11) is -2.00. The van der Waals surface area contributed by atoms with Crippen LogP contribution in [0.4, 0.5) is 0 Å². The van der Waals surface area contributed by atoms with Crippen molar-refractivity contribution in [2.24, 2.45) is 0 Å². The molecular weight excluding hydrogens is 274 g/mol. The molecule has 1 saturated carbocycles. The van der Waals surface area contributed by atoms with Gasteiger partial charge in [-0.2, -0.15) is 0 Å². The summed E-state index contributed by atoms with van der Waals surface area (Å²) in [5.41, 5.74) is 1.66. The van der Waals surface area contributed by atoms with Gasteiger partial charge in [0.1, 0.15) is 10.6 Å². The number of aryl methyl sites for hydroxylation is 1. The van der Waals surface area contributed by atoms with Gasteiger partial charge in [-0.1, -0.05) is 26.8 Å². The molecule has 1 aliphatic rings. The van der Waals surface area contributed by atoms with Crippen molar-refractivity contribution in [1.29, 1.82) is 0 Å². The summed E-state index contributed by atoms with van der Waals surface area (Å²) >= 11 is 0. The van der Waals surface area contributed by atoms with E-state index < -0.39 is 10.0 Å². The van der Waals surface area contributed by atoms with Crippen LogP contribution in [0.15, 0.2) is 17.0 Å². The summed E-state index contributed by atoms with van der Waals surface area (Å²) in [6, 6.07) is 3.76. The molecule has 1 fully saturated rings. The predicted octanol–water partition coefficient (Wildman–Crippen LogP) is 2.74. The Morgan fingerprint density at radius 1 is 1.25 bits per heavy atom. The monoisotopic (exact) mass is 297 g/mol. The molecule has 0 heterocycles. The van der Waals surface area contributed by atoms with E-state index in [-0.39, 0.29) is 16.4 Å². The number of rotatable bonds is 4. The number of benzene rings is 1. The van der Waals surface area contributed by atoms with Gasteiger partial charge in [0.05, 0.1) is 7.11 Å². The molecule has 20 heavy (non-hydrogen) atoms. The first-order chi connectivity index (χ1) is 9.15. The van der Waals surface area contributed by atoms with Gasteiger partial charge in [0.2, 0.25) is 10.0 Å². The highest BCUT2D eigenvalue weighted by atomic mass is 32.2. The van der Waals surface area contributed by atoms with Crippen LogP contribution >= 0.6 is 0 Å². The van der Waals surface area contributed by atoms with E-state index in [1.165, 1.54) is 7.11 Å². The highest BCUT2D eigenvalue weighted by Gasteiger charge is 2.32. The Kier molecular flexibility index (Phi) is 3.86. The normalized spacial score (nSPS) is 16.2. The topological polar surface area (TPSA) is 55.4 Å². The van der Waals surface area contributed by atoms with Crippen LogP contribution < -0.4 is 9.46 Å². The van der Waals surface area contributed by atoms with Crippen LogP contribution in [0.25, 0.3) is 0 Å². The van der Waals surface area contributed by atoms with Crippen molar-refractivity contribution in [3.05, 3.63) is 23.3 Å². The zero-order chi connectivity index (χ0) is 15.1. The average molecular weight is 297 g/mol. The molecule has 4 nitrogen and oxygen atoms in total. The van der Waals surface area contributed by atoms with Gasteiger partial charge in [-0.15, -0.1) is 0 Å². The number of methoxy groups -OCH3 is 1. The first kappa shape index (κ1) is 15.3. The standard InChI is InChI=1S/C15H23NO3S/c1-10-8-12(15(2,3)4)14(19-5)13(9-10)20(17,18)16-11-6-7-11/h8-9,11,16H,6-7H2,1-5H3. The van der Waals surface area contributed by atoms with E-state index in [2.05, 4.69) is 25.5 Å². The van der Waals surface area contributed by atoms with Crippen molar-refractivity contribution in [2.75, 3.05) is 7.11 Å². The van der Waals surface area contributed by atoms with Crippen LogP contribution in [0.5, 0.6) is 5.75 Å². The van der Waals surface area contributed by atoms with E-state index >= 15 is 0 Å². The molecule has 2 rings (SSSR count). The van der Waals surface area contributed by atoms with Gasteiger partial charge in [0, 0.05) is 11.6 Å². The molecule has 0 spiro atoms. The van der Waals surface area contributed by atoms with Gasteiger partial charge in [-0.3, -0.25) is 0 Å². The lowest BCUT2D eigenvalue weighted by molar-refractivity contribution is 0.385. The van der Waals surface area contributed by atoms with Crippen LogP contribution in [0.3, 0.4) is 0 Å². The van der Waals surface area contributed by atoms with Crippen molar-refractivity contribution in [3.8, 4) is 5.75 Å². The van der Waals surface area contributed by atoms with E-state index in [0.29, 0.717) is 5.75 Å². The van der Waals surface area contributed by atoms with Crippen LogP contribution in [0, 0.1) is 6.92 Å². The number of ether oxygens (including phenoxy) is 1. The van der Waals surface area contributed by atoms with Crippen molar-refractivity contribution in [1.82, 2.24) is 4.72 Å². The minimum Gasteiger partial charge on any atom is -0.495 e. The molecule has 1 aromatic rings. The molecule has 1 aliphatic carbocycles. The average Bonchev–Trinajstić information content (AvgIpc) is 3.10. The minimum atomic E-state index is -3.52. The predicted molar refractivity (Wildman–Crippen MR) is 79.8 cm³/mol. The van der Waals surface area contributed by atoms with Crippen LogP contribution in [0.1, 0.15) is 44.7 Å². The van der Waals surface area contributed by atoms with E-state index in [1.54, 1.807) is 6.07 Å². The lowest BCUT2D eigenvalue weighted by Crippen LogP contribution is -2.27. The molecule has 0 amide bonds. The van der Waals surface area contributed by atoms with Gasteiger partial charge in [-0.05, 0) is 36.8 Å². The largest absolute Gasteiger partial charge is 0.495 e. The zero-order valence-electron chi connectivity index (χ0n) is 12.8. The second-order valence-corrected chi connectivity index (χ2v) is 8.17. The Labute approximate surface area is 121 Å². The first-order valence-corrected chi connectivity index (χ1v) is 8.35. The van der Waals surface area contributed by atoms with E-state index in [4.69, 9.17) is 4.74 Å². The molecule has 0 unspecified atom stereocenters. The molecule has 1 N–H and O–H groups in total. The third-order valence-electron chi connectivity index (χ3n) is 3.40. The lowest BCUT2D eigenvalue weighted by Gasteiger charge is -2.24. The SMILES string of the molecule is COc1c(C(C)(C)C)cc(C)cc1S(=O)(=O)NC1CC1.